The Balaban J connectivity index is 2.66. The Morgan fingerprint density at radius 2 is 1.37 bits per heavy atom. The summed E-state index contributed by atoms with van der Waals surface area (Å²) in [5.41, 5.74) is 2.03. The van der Waals surface area contributed by atoms with E-state index in [4.69, 9.17) is 0 Å². The average molecular weight is 254 g/mol. The van der Waals surface area contributed by atoms with E-state index >= 15 is 0 Å². The fourth-order valence-corrected chi connectivity index (χ4v) is 2.06. The summed E-state index contributed by atoms with van der Waals surface area (Å²) in [6, 6.07) is 13.8. The molecule has 0 unspecified atom stereocenters. The van der Waals surface area contributed by atoms with Crippen LogP contribution in [0.1, 0.15) is 34.1 Å². The third-order valence-electron chi connectivity index (χ3n) is 3.00. The normalized spacial score (nSPS) is 10.2. The Bertz CT molecular complexity index is 629. The molecule has 19 heavy (non-hydrogen) atoms. The summed E-state index contributed by atoms with van der Waals surface area (Å²) in [5.74, 6) is -0.981. The molecular formula is C16H14O3. The van der Waals surface area contributed by atoms with Crippen molar-refractivity contribution in [3.8, 4) is 11.1 Å². The number of carbonyl (C=O) groups is 2. The van der Waals surface area contributed by atoms with E-state index in [-0.39, 0.29) is 11.3 Å². The van der Waals surface area contributed by atoms with Crippen LogP contribution in [0.2, 0.25) is 0 Å². The zero-order chi connectivity index (χ0) is 13.8. The Morgan fingerprint density at radius 3 is 1.89 bits per heavy atom. The van der Waals surface area contributed by atoms with E-state index in [0.29, 0.717) is 23.1 Å². The summed E-state index contributed by atoms with van der Waals surface area (Å²) in [4.78, 5) is 23.2. The predicted octanol–water partition coefficient (Wildman–Crippen LogP) is 3.64. The van der Waals surface area contributed by atoms with Gasteiger partial charge in [-0.25, -0.2) is 4.79 Å². The summed E-state index contributed by atoms with van der Waals surface area (Å²) in [6.45, 7) is 1.79. The van der Waals surface area contributed by atoms with Gasteiger partial charge in [0.25, 0.3) is 0 Å². The van der Waals surface area contributed by atoms with Gasteiger partial charge >= 0.3 is 5.97 Å². The fraction of sp³-hybridized carbons (Fsp3) is 0.125. The van der Waals surface area contributed by atoms with Crippen molar-refractivity contribution in [3.05, 3.63) is 59.7 Å². The first kappa shape index (κ1) is 13.0. The van der Waals surface area contributed by atoms with Gasteiger partial charge in [0, 0.05) is 12.0 Å². The number of rotatable bonds is 4. The van der Waals surface area contributed by atoms with Crippen LogP contribution in [0.4, 0.5) is 0 Å². The smallest absolute Gasteiger partial charge is 0.336 e. The number of carbonyl (C=O) groups excluding carboxylic acids is 1. The minimum atomic E-state index is -0.991. The van der Waals surface area contributed by atoms with E-state index in [9.17, 15) is 14.7 Å². The van der Waals surface area contributed by atoms with Crippen molar-refractivity contribution >= 4 is 11.8 Å². The van der Waals surface area contributed by atoms with Gasteiger partial charge in [0.15, 0.2) is 5.78 Å². The molecule has 1 N–H and O–H groups in total. The molecule has 0 bridgehead atoms. The molecule has 0 amide bonds. The quantitative estimate of drug-likeness (QED) is 0.847. The van der Waals surface area contributed by atoms with Gasteiger partial charge in [-0.1, -0.05) is 49.4 Å². The number of benzene rings is 2. The van der Waals surface area contributed by atoms with E-state index in [1.165, 1.54) is 0 Å². The molecule has 0 spiro atoms. The van der Waals surface area contributed by atoms with Crippen molar-refractivity contribution < 1.29 is 14.7 Å². The molecule has 0 aliphatic heterocycles. The summed E-state index contributed by atoms with van der Waals surface area (Å²) in [7, 11) is 0. The van der Waals surface area contributed by atoms with Crippen LogP contribution < -0.4 is 0 Å². The van der Waals surface area contributed by atoms with Crippen molar-refractivity contribution in [2.75, 3.05) is 0 Å². The number of ketones is 1. The highest BCUT2D eigenvalue weighted by atomic mass is 16.4. The summed E-state index contributed by atoms with van der Waals surface area (Å²) in [5, 5.41) is 9.23. The van der Waals surface area contributed by atoms with Crippen LogP contribution in [0.25, 0.3) is 11.1 Å². The molecule has 3 nitrogen and oxygen atoms in total. The molecule has 0 aliphatic rings. The monoisotopic (exact) mass is 254 g/mol. The van der Waals surface area contributed by atoms with Gasteiger partial charge in [-0.15, -0.1) is 0 Å². The van der Waals surface area contributed by atoms with Gasteiger partial charge in [-0.2, -0.15) is 0 Å². The van der Waals surface area contributed by atoms with Crippen LogP contribution in [-0.4, -0.2) is 16.9 Å². The van der Waals surface area contributed by atoms with E-state index in [1.807, 2.05) is 0 Å². The van der Waals surface area contributed by atoms with Crippen LogP contribution in [0, 0.1) is 0 Å². The number of aromatic carboxylic acids is 1. The fourth-order valence-electron chi connectivity index (χ4n) is 2.06. The topological polar surface area (TPSA) is 54.4 Å². The summed E-state index contributed by atoms with van der Waals surface area (Å²) >= 11 is 0. The van der Waals surface area contributed by atoms with Crippen molar-refractivity contribution in [2.45, 2.75) is 13.3 Å². The number of hydrogen-bond donors (Lipinski definition) is 1. The van der Waals surface area contributed by atoms with Crippen LogP contribution in [0.3, 0.4) is 0 Å². The lowest BCUT2D eigenvalue weighted by molar-refractivity contribution is 0.0697. The molecule has 2 aromatic carbocycles. The van der Waals surface area contributed by atoms with Crippen LogP contribution in [0.5, 0.6) is 0 Å². The number of carboxylic acid groups (broad SMARTS) is 1. The lowest BCUT2D eigenvalue weighted by Gasteiger charge is -2.10. The molecule has 0 aliphatic carbocycles. The van der Waals surface area contributed by atoms with E-state index in [1.54, 1.807) is 55.5 Å². The maximum Gasteiger partial charge on any atom is 0.336 e. The van der Waals surface area contributed by atoms with Crippen molar-refractivity contribution in [3.63, 3.8) is 0 Å². The number of hydrogen-bond acceptors (Lipinski definition) is 2. The first-order chi connectivity index (χ1) is 9.15. The number of Topliss-reactive ketones (excluding diaryl/α,β-unsaturated/α-hetero) is 1. The average Bonchev–Trinajstić information content (AvgIpc) is 2.46. The van der Waals surface area contributed by atoms with Gasteiger partial charge in [0.05, 0.1) is 5.56 Å². The SMILES string of the molecule is CCC(=O)c1ccccc1-c1ccccc1C(=O)O. The predicted molar refractivity (Wildman–Crippen MR) is 73.5 cm³/mol. The lowest BCUT2D eigenvalue weighted by Crippen LogP contribution is -2.03. The van der Waals surface area contributed by atoms with Crippen molar-refractivity contribution in [1.82, 2.24) is 0 Å². The lowest BCUT2D eigenvalue weighted by atomic mass is 9.93. The first-order valence-corrected chi connectivity index (χ1v) is 6.10. The van der Waals surface area contributed by atoms with Gasteiger partial charge in [-0.05, 0) is 17.2 Å². The van der Waals surface area contributed by atoms with Crippen molar-refractivity contribution in [2.24, 2.45) is 0 Å². The second kappa shape index (κ2) is 5.48. The zero-order valence-corrected chi connectivity index (χ0v) is 10.6. The van der Waals surface area contributed by atoms with Gasteiger partial charge < -0.3 is 5.11 Å². The zero-order valence-electron chi connectivity index (χ0n) is 10.6. The van der Waals surface area contributed by atoms with Crippen LogP contribution in [-0.2, 0) is 0 Å². The molecule has 0 aromatic heterocycles. The highest BCUT2D eigenvalue weighted by Gasteiger charge is 2.16. The van der Waals surface area contributed by atoms with Crippen LogP contribution >= 0.6 is 0 Å². The first-order valence-electron chi connectivity index (χ1n) is 6.10. The van der Waals surface area contributed by atoms with E-state index < -0.39 is 5.97 Å². The maximum absolute atomic E-state index is 11.9. The van der Waals surface area contributed by atoms with Crippen LogP contribution in [0.15, 0.2) is 48.5 Å². The minimum Gasteiger partial charge on any atom is -0.478 e. The Labute approximate surface area is 111 Å². The van der Waals surface area contributed by atoms with Gasteiger partial charge in [0.2, 0.25) is 0 Å². The third-order valence-corrected chi connectivity index (χ3v) is 3.00. The Morgan fingerprint density at radius 1 is 0.895 bits per heavy atom. The molecule has 96 valence electrons. The molecule has 3 heteroatoms. The van der Waals surface area contributed by atoms with E-state index in [2.05, 4.69) is 0 Å². The van der Waals surface area contributed by atoms with Gasteiger partial charge in [-0.3, -0.25) is 4.79 Å². The van der Waals surface area contributed by atoms with Gasteiger partial charge in [0.1, 0.15) is 0 Å². The molecule has 0 radical (unpaired) electrons. The highest BCUT2D eigenvalue weighted by molar-refractivity contribution is 6.05. The molecule has 0 fully saturated rings. The molecule has 0 atom stereocenters. The van der Waals surface area contributed by atoms with Crippen molar-refractivity contribution in [1.29, 1.82) is 0 Å². The number of carboxylic acids is 1. The minimum absolute atomic E-state index is 0.00999. The highest BCUT2D eigenvalue weighted by Crippen LogP contribution is 2.28. The standard InChI is InChI=1S/C16H14O3/c1-2-15(17)13-9-5-3-7-11(13)12-8-4-6-10-14(12)16(18)19/h3-10H,2H2,1H3,(H,18,19). The summed E-state index contributed by atoms with van der Waals surface area (Å²) < 4.78 is 0. The molecular weight excluding hydrogens is 240 g/mol. The summed E-state index contributed by atoms with van der Waals surface area (Å²) in [6.07, 6.45) is 0.395. The molecule has 2 aromatic rings. The third kappa shape index (κ3) is 2.55. The molecule has 0 saturated heterocycles. The molecule has 2 rings (SSSR count). The Kier molecular flexibility index (Phi) is 3.76. The maximum atomic E-state index is 11.9. The molecule has 0 heterocycles. The Hall–Kier alpha value is -2.42. The van der Waals surface area contributed by atoms with E-state index in [0.717, 1.165) is 0 Å². The second-order valence-corrected chi connectivity index (χ2v) is 4.17. The second-order valence-electron chi connectivity index (χ2n) is 4.17. The molecule has 0 saturated carbocycles. The largest absolute Gasteiger partial charge is 0.478 e.